The lowest BCUT2D eigenvalue weighted by Gasteiger charge is -2.11. The molecule has 4 aromatic rings. The molecule has 148 valence electrons. The Morgan fingerprint density at radius 3 is 2.69 bits per heavy atom. The molecule has 1 aromatic carbocycles. The van der Waals surface area contributed by atoms with Crippen molar-refractivity contribution >= 4 is 0 Å². The molecule has 0 radical (unpaired) electrons. The van der Waals surface area contributed by atoms with Gasteiger partial charge in [0.15, 0.2) is 0 Å². The van der Waals surface area contributed by atoms with Gasteiger partial charge in [-0.05, 0) is 49.4 Å². The minimum atomic E-state index is -0.295. The van der Waals surface area contributed by atoms with E-state index in [1.54, 1.807) is 12.1 Å². The summed E-state index contributed by atoms with van der Waals surface area (Å²) in [6.07, 6.45) is 2.88. The van der Waals surface area contributed by atoms with Gasteiger partial charge in [-0.15, -0.1) is 0 Å². The number of hydrogen-bond acceptors (Lipinski definition) is 7. The van der Waals surface area contributed by atoms with Crippen LogP contribution in [0.2, 0.25) is 0 Å². The molecule has 1 fully saturated rings. The van der Waals surface area contributed by atoms with Crippen LogP contribution in [0.25, 0.3) is 22.9 Å². The SMILES string of the molecule is Cn1cccc1-c1noc([C@H]2CCN(Cc3nc(-c4ccc(F)cc4)no3)C2)n1. The number of aryl methyl sites for hydroxylation is 1. The van der Waals surface area contributed by atoms with Crippen LogP contribution in [0.5, 0.6) is 0 Å². The summed E-state index contributed by atoms with van der Waals surface area (Å²) in [5.74, 6) is 2.13. The van der Waals surface area contributed by atoms with E-state index in [2.05, 4.69) is 25.2 Å². The summed E-state index contributed by atoms with van der Waals surface area (Å²) in [6, 6.07) is 9.94. The van der Waals surface area contributed by atoms with E-state index >= 15 is 0 Å². The zero-order valence-electron chi connectivity index (χ0n) is 15.8. The fourth-order valence-electron chi connectivity index (χ4n) is 3.60. The third kappa shape index (κ3) is 3.56. The maximum atomic E-state index is 13.1. The minimum absolute atomic E-state index is 0.177. The molecule has 3 aromatic heterocycles. The summed E-state index contributed by atoms with van der Waals surface area (Å²) in [5, 5.41) is 8.12. The summed E-state index contributed by atoms with van der Waals surface area (Å²) >= 11 is 0. The van der Waals surface area contributed by atoms with Gasteiger partial charge < -0.3 is 13.6 Å². The summed E-state index contributed by atoms with van der Waals surface area (Å²) in [6.45, 7) is 2.20. The van der Waals surface area contributed by atoms with Gasteiger partial charge in [0, 0.05) is 25.4 Å². The van der Waals surface area contributed by atoms with Crippen molar-refractivity contribution in [1.82, 2.24) is 29.7 Å². The van der Waals surface area contributed by atoms with E-state index < -0.39 is 0 Å². The molecule has 29 heavy (non-hydrogen) atoms. The predicted octanol–water partition coefficient (Wildman–Crippen LogP) is 3.25. The molecular formula is C20H19FN6O2. The molecule has 9 heteroatoms. The predicted molar refractivity (Wildman–Crippen MR) is 101 cm³/mol. The second kappa shape index (κ2) is 7.25. The van der Waals surface area contributed by atoms with Crippen LogP contribution in [-0.2, 0) is 13.6 Å². The van der Waals surface area contributed by atoms with Crippen molar-refractivity contribution in [2.75, 3.05) is 13.1 Å². The lowest BCUT2D eigenvalue weighted by atomic mass is 10.1. The molecule has 8 nitrogen and oxygen atoms in total. The molecule has 4 heterocycles. The van der Waals surface area contributed by atoms with Crippen molar-refractivity contribution in [3.63, 3.8) is 0 Å². The average molecular weight is 394 g/mol. The van der Waals surface area contributed by atoms with Crippen LogP contribution < -0.4 is 0 Å². The Labute approximate surface area is 166 Å². The van der Waals surface area contributed by atoms with E-state index in [1.165, 1.54) is 12.1 Å². The maximum Gasteiger partial charge on any atom is 0.241 e. The highest BCUT2D eigenvalue weighted by Crippen LogP contribution is 2.29. The number of nitrogens with zero attached hydrogens (tertiary/aromatic N) is 6. The van der Waals surface area contributed by atoms with Gasteiger partial charge in [-0.1, -0.05) is 10.3 Å². The molecule has 0 amide bonds. The minimum Gasteiger partial charge on any atom is -0.348 e. The van der Waals surface area contributed by atoms with Crippen molar-refractivity contribution in [3.05, 3.63) is 60.2 Å². The van der Waals surface area contributed by atoms with Crippen LogP contribution in [0, 0.1) is 5.82 Å². The molecule has 0 unspecified atom stereocenters. The smallest absolute Gasteiger partial charge is 0.241 e. The van der Waals surface area contributed by atoms with Crippen LogP contribution in [0.15, 0.2) is 51.6 Å². The number of benzene rings is 1. The van der Waals surface area contributed by atoms with Crippen molar-refractivity contribution in [1.29, 1.82) is 0 Å². The highest BCUT2D eigenvalue weighted by Gasteiger charge is 2.29. The van der Waals surface area contributed by atoms with Crippen molar-refractivity contribution < 1.29 is 13.4 Å². The topological polar surface area (TPSA) is 86.0 Å². The largest absolute Gasteiger partial charge is 0.348 e. The molecule has 1 aliphatic rings. The second-order valence-electron chi connectivity index (χ2n) is 7.20. The molecule has 0 bridgehead atoms. The molecular weight excluding hydrogens is 375 g/mol. The highest BCUT2D eigenvalue weighted by molar-refractivity contribution is 5.53. The summed E-state index contributed by atoms with van der Waals surface area (Å²) in [5.41, 5.74) is 1.65. The third-order valence-corrected chi connectivity index (χ3v) is 5.17. The van der Waals surface area contributed by atoms with Crippen molar-refractivity contribution in [3.8, 4) is 22.9 Å². The molecule has 1 saturated heterocycles. The average Bonchev–Trinajstić information content (AvgIpc) is 3.49. The fourth-order valence-corrected chi connectivity index (χ4v) is 3.60. The number of hydrogen-bond donors (Lipinski definition) is 0. The van der Waals surface area contributed by atoms with E-state index in [-0.39, 0.29) is 11.7 Å². The Hall–Kier alpha value is -3.33. The van der Waals surface area contributed by atoms with Gasteiger partial charge in [0.05, 0.1) is 18.2 Å². The molecule has 1 atom stereocenters. The quantitative estimate of drug-likeness (QED) is 0.513. The van der Waals surface area contributed by atoms with Gasteiger partial charge in [-0.2, -0.15) is 9.97 Å². The zero-order chi connectivity index (χ0) is 19.8. The Morgan fingerprint density at radius 1 is 1.07 bits per heavy atom. The van der Waals surface area contributed by atoms with Crippen LogP contribution in [0.1, 0.15) is 24.1 Å². The lowest BCUT2D eigenvalue weighted by Crippen LogP contribution is -2.20. The van der Waals surface area contributed by atoms with Gasteiger partial charge in [0.2, 0.25) is 23.4 Å². The Balaban J connectivity index is 1.23. The number of halogens is 1. The van der Waals surface area contributed by atoms with Crippen molar-refractivity contribution in [2.24, 2.45) is 7.05 Å². The standard InChI is InChI=1S/C20H19FN6O2/c1-26-9-2-3-16(26)19-23-20(29-25-19)14-8-10-27(11-14)12-17-22-18(24-28-17)13-4-6-15(21)7-5-13/h2-7,9,14H,8,10-12H2,1H3/t14-/m0/s1. The van der Waals surface area contributed by atoms with E-state index in [9.17, 15) is 4.39 Å². The number of rotatable bonds is 5. The first-order valence-corrected chi connectivity index (χ1v) is 9.42. The van der Waals surface area contributed by atoms with Crippen LogP contribution in [-0.4, -0.2) is 42.8 Å². The van der Waals surface area contributed by atoms with E-state index in [0.717, 1.165) is 30.8 Å². The third-order valence-electron chi connectivity index (χ3n) is 5.17. The summed E-state index contributed by atoms with van der Waals surface area (Å²) in [7, 11) is 1.95. The molecule has 0 aliphatic carbocycles. The first kappa shape index (κ1) is 17.7. The first-order chi connectivity index (χ1) is 14.2. The summed E-state index contributed by atoms with van der Waals surface area (Å²) in [4.78, 5) is 11.2. The van der Waals surface area contributed by atoms with Gasteiger partial charge >= 0.3 is 0 Å². The van der Waals surface area contributed by atoms with Gasteiger partial charge in [-0.25, -0.2) is 4.39 Å². The van der Waals surface area contributed by atoms with E-state index in [4.69, 9.17) is 9.05 Å². The fraction of sp³-hybridized carbons (Fsp3) is 0.300. The Bertz CT molecular complexity index is 1120. The van der Waals surface area contributed by atoms with Gasteiger partial charge in [-0.3, -0.25) is 4.90 Å². The number of aromatic nitrogens is 5. The summed E-state index contributed by atoms with van der Waals surface area (Å²) < 4.78 is 25.9. The molecule has 0 N–H and O–H groups in total. The van der Waals surface area contributed by atoms with Gasteiger partial charge in [0.1, 0.15) is 5.82 Å². The van der Waals surface area contributed by atoms with Crippen molar-refractivity contribution in [2.45, 2.75) is 18.9 Å². The molecule has 1 aliphatic heterocycles. The monoisotopic (exact) mass is 394 g/mol. The normalized spacial score (nSPS) is 17.2. The Kier molecular flexibility index (Phi) is 4.44. The second-order valence-corrected chi connectivity index (χ2v) is 7.20. The van der Waals surface area contributed by atoms with Crippen LogP contribution in [0.3, 0.4) is 0 Å². The van der Waals surface area contributed by atoms with Crippen LogP contribution >= 0.6 is 0 Å². The lowest BCUT2D eigenvalue weighted by molar-refractivity contribution is 0.260. The van der Waals surface area contributed by atoms with Gasteiger partial charge in [0.25, 0.3) is 0 Å². The van der Waals surface area contributed by atoms with E-state index in [0.29, 0.717) is 30.0 Å². The van der Waals surface area contributed by atoms with Crippen LogP contribution in [0.4, 0.5) is 4.39 Å². The highest BCUT2D eigenvalue weighted by atomic mass is 19.1. The van der Waals surface area contributed by atoms with E-state index in [1.807, 2.05) is 29.9 Å². The molecule has 0 saturated carbocycles. The Morgan fingerprint density at radius 2 is 1.90 bits per heavy atom. The maximum absolute atomic E-state index is 13.1. The molecule has 0 spiro atoms. The zero-order valence-corrected chi connectivity index (χ0v) is 15.8. The molecule has 5 rings (SSSR count). The number of likely N-dealkylation sites (tertiary alicyclic amines) is 1. The first-order valence-electron chi connectivity index (χ1n) is 9.42.